The molecule has 1 aromatic carbocycles. The van der Waals surface area contributed by atoms with Crippen LogP contribution in [0.25, 0.3) is 11.0 Å². The summed E-state index contributed by atoms with van der Waals surface area (Å²) in [7, 11) is 0. The van der Waals surface area contributed by atoms with Gasteiger partial charge in [-0.15, -0.1) is 0 Å². The highest BCUT2D eigenvalue weighted by Gasteiger charge is 2.10. The van der Waals surface area contributed by atoms with Crippen LogP contribution in [-0.4, -0.2) is 20.4 Å². The maximum atomic E-state index is 12.3. The second kappa shape index (κ2) is 5.89. The zero-order valence-electron chi connectivity index (χ0n) is 12.7. The molecule has 2 N–H and O–H groups in total. The van der Waals surface area contributed by atoms with Gasteiger partial charge in [0.25, 0.3) is 5.56 Å². The Bertz CT molecular complexity index is 958. The fourth-order valence-corrected chi connectivity index (χ4v) is 2.49. The first-order valence-electron chi connectivity index (χ1n) is 7.05. The zero-order valence-corrected chi connectivity index (χ0v) is 13.4. The molecule has 0 saturated carbocycles. The smallest absolute Gasteiger partial charge is 0.263 e. The van der Waals surface area contributed by atoms with Crippen molar-refractivity contribution in [2.24, 2.45) is 0 Å². The summed E-state index contributed by atoms with van der Waals surface area (Å²) in [6.45, 7) is 3.62. The van der Waals surface area contributed by atoms with E-state index in [0.717, 1.165) is 11.3 Å². The maximum Gasteiger partial charge on any atom is 0.263 e. The lowest BCUT2D eigenvalue weighted by Crippen LogP contribution is -2.27. The van der Waals surface area contributed by atoms with E-state index in [1.165, 1.54) is 10.9 Å². The van der Waals surface area contributed by atoms with Crippen molar-refractivity contribution in [3.8, 4) is 0 Å². The first-order valence-corrected chi connectivity index (χ1v) is 7.42. The molecule has 3 aromatic rings. The van der Waals surface area contributed by atoms with Gasteiger partial charge in [-0.25, -0.2) is 4.98 Å². The summed E-state index contributed by atoms with van der Waals surface area (Å²) in [5, 5.41) is 3.76. The van der Waals surface area contributed by atoms with Gasteiger partial charge in [-0.05, 0) is 37.6 Å². The van der Waals surface area contributed by atoms with Crippen LogP contribution in [0.1, 0.15) is 11.3 Å². The fourth-order valence-electron chi connectivity index (χ4n) is 2.31. The molecule has 0 bridgehead atoms. The highest BCUT2D eigenvalue weighted by molar-refractivity contribution is 6.31. The summed E-state index contributed by atoms with van der Waals surface area (Å²) >= 11 is 6.03. The van der Waals surface area contributed by atoms with Gasteiger partial charge in [0.05, 0.1) is 5.39 Å². The van der Waals surface area contributed by atoms with E-state index in [-0.39, 0.29) is 18.0 Å². The zero-order chi connectivity index (χ0) is 16.6. The molecule has 0 aliphatic rings. The second-order valence-corrected chi connectivity index (χ2v) is 5.81. The van der Waals surface area contributed by atoms with Crippen molar-refractivity contribution in [1.82, 2.24) is 14.5 Å². The van der Waals surface area contributed by atoms with Gasteiger partial charge in [0, 0.05) is 16.4 Å². The number of carbonyl (C=O) groups is 1. The molecule has 2 aromatic heterocycles. The van der Waals surface area contributed by atoms with Crippen LogP contribution in [-0.2, 0) is 11.3 Å². The van der Waals surface area contributed by atoms with Crippen molar-refractivity contribution < 1.29 is 4.79 Å². The van der Waals surface area contributed by atoms with Crippen LogP contribution in [0, 0.1) is 13.8 Å². The van der Waals surface area contributed by atoms with Gasteiger partial charge in [0.2, 0.25) is 5.91 Å². The van der Waals surface area contributed by atoms with E-state index in [1.54, 1.807) is 18.2 Å². The molecule has 23 heavy (non-hydrogen) atoms. The van der Waals surface area contributed by atoms with E-state index in [0.29, 0.717) is 21.7 Å². The van der Waals surface area contributed by atoms with Crippen LogP contribution in [0.15, 0.2) is 35.4 Å². The second-order valence-electron chi connectivity index (χ2n) is 5.40. The van der Waals surface area contributed by atoms with Crippen LogP contribution in [0.3, 0.4) is 0 Å². The Morgan fingerprint density at radius 1 is 1.35 bits per heavy atom. The molecule has 118 valence electrons. The minimum atomic E-state index is -0.319. The molecule has 2 heterocycles. The Hall–Kier alpha value is -2.60. The Kier molecular flexibility index (Phi) is 3.92. The number of anilines is 1. The lowest BCUT2D eigenvalue weighted by Gasteiger charge is -2.08. The summed E-state index contributed by atoms with van der Waals surface area (Å²) in [4.78, 5) is 31.6. The number of carbonyl (C=O) groups excluding carboxylic acids is 1. The number of halogens is 1. The Morgan fingerprint density at radius 2 is 2.13 bits per heavy atom. The topological polar surface area (TPSA) is 79.8 Å². The third kappa shape index (κ3) is 3.12. The van der Waals surface area contributed by atoms with E-state index in [2.05, 4.69) is 15.3 Å². The molecule has 1 amide bonds. The Balaban J connectivity index is 1.81. The molecule has 0 aliphatic carbocycles. The lowest BCUT2D eigenvalue weighted by atomic mass is 10.2. The average molecular weight is 331 g/mol. The predicted octanol–water partition coefficient (Wildman–Crippen LogP) is 2.63. The molecule has 6 nitrogen and oxygen atoms in total. The van der Waals surface area contributed by atoms with Crippen LogP contribution in [0.5, 0.6) is 0 Å². The van der Waals surface area contributed by atoms with Crippen LogP contribution in [0.4, 0.5) is 5.69 Å². The number of nitrogens with zero attached hydrogens (tertiary/aromatic N) is 2. The quantitative estimate of drug-likeness (QED) is 0.774. The predicted molar refractivity (Wildman–Crippen MR) is 89.9 cm³/mol. The van der Waals surface area contributed by atoms with Gasteiger partial charge in [0.15, 0.2) is 0 Å². The van der Waals surface area contributed by atoms with E-state index >= 15 is 0 Å². The number of hydrogen-bond acceptors (Lipinski definition) is 3. The fraction of sp³-hybridized carbons (Fsp3) is 0.188. The van der Waals surface area contributed by atoms with Crippen molar-refractivity contribution in [2.75, 3.05) is 5.32 Å². The molecule has 0 spiro atoms. The summed E-state index contributed by atoms with van der Waals surface area (Å²) in [6.07, 6.45) is 1.36. The number of hydrogen-bond donors (Lipinski definition) is 2. The number of amides is 1. The third-order valence-electron chi connectivity index (χ3n) is 3.52. The van der Waals surface area contributed by atoms with E-state index in [4.69, 9.17) is 11.6 Å². The van der Waals surface area contributed by atoms with Gasteiger partial charge in [-0.2, -0.15) is 0 Å². The van der Waals surface area contributed by atoms with Crippen molar-refractivity contribution >= 4 is 34.2 Å². The van der Waals surface area contributed by atoms with E-state index in [9.17, 15) is 9.59 Å². The Morgan fingerprint density at radius 3 is 2.87 bits per heavy atom. The van der Waals surface area contributed by atoms with Crippen molar-refractivity contribution in [1.29, 1.82) is 0 Å². The third-order valence-corrected chi connectivity index (χ3v) is 3.93. The monoisotopic (exact) mass is 330 g/mol. The lowest BCUT2D eigenvalue weighted by molar-refractivity contribution is -0.116. The SMILES string of the molecule is Cc1cc2c(=O)n(CC(=O)Nc3ccc(C)c(Cl)c3)cnc2[nH]1. The molecule has 3 rings (SSSR count). The number of fused-ring (bicyclic) bond motifs is 1. The summed E-state index contributed by atoms with van der Waals surface area (Å²) in [6, 6.07) is 6.98. The number of H-pyrrole nitrogens is 1. The van der Waals surface area contributed by atoms with Gasteiger partial charge in [-0.1, -0.05) is 17.7 Å². The van der Waals surface area contributed by atoms with Gasteiger partial charge >= 0.3 is 0 Å². The number of benzene rings is 1. The van der Waals surface area contributed by atoms with Crippen LogP contribution < -0.4 is 10.9 Å². The van der Waals surface area contributed by atoms with Gasteiger partial charge in [0.1, 0.15) is 18.5 Å². The first-order chi connectivity index (χ1) is 10.9. The van der Waals surface area contributed by atoms with Crippen molar-refractivity contribution in [2.45, 2.75) is 20.4 Å². The maximum absolute atomic E-state index is 12.3. The number of nitrogens with one attached hydrogen (secondary N) is 2. The number of rotatable bonds is 3. The molecule has 0 unspecified atom stereocenters. The number of aryl methyl sites for hydroxylation is 2. The summed E-state index contributed by atoms with van der Waals surface area (Å²) in [5.41, 5.74) is 2.63. The molecule has 0 atom stereocenters. The van der Waals surface area contributed by atoms with Crippen LogP contribution in [0.2, 0.25) is 5.02 Å². The highest BCUT2D eigenvalue weighted by atomic mass is 35.5. The minimum Gasteiger partial charge on any atom is -0.343 e. The van der Waals surface area contributed by atoms with E-state index in [1.807, 2.05) is 19.9 Å². The van der Waals surface area contributed by atoms with Crippen molar-refractivity contribution in [3.05, 3.63) is 57.2 Å². The Labute approximate surface area is 137 Å². The standard InChI is InChI=1S/C16H15ClN4O2/c1-9-3-4-11(6-13(9)17)20-14(22)7-21-8-18-15-12(16(21)23)5-10(2)19-15/h3-6,8,19H,7H2,1-2H3,(H,20,22). The molecule has 0 saturated heterocycles. The largest absolute Gasteiger partial charge is 0.343 e. The van der Waals surface area contributed by atoms with Crippen molar-refractivity contribution in [3.63, 3.8) is 0 Å². The minimum absolute atomic E-state index is 0.114. The molecular formula is C16H15ClN4O2. The first kappa shape index (κ1) is 15.3. The molecule has 0 fully saturated rings. The van der Waals surface area contributed by atoms with Gasteiger partial charge < -0.3 is 10.3 Å². The van der Waals surface area contributed by atoms with Gasteiger partial charge in [-0.3, -0.25) is 14.2 Å². The summed E-state index contributed by atoms with van der Waals surface area (Å²) < 4.78 is 1.28. The highest BCUT2D eigenvalue weighted by Crippen LogP contribution is 2.19. The summed E-state index contributed by atoms with van der Waals surface area (Å²) in [5.74, 6) is -0.319. The number of aromatic nitrogens is 3. The molecule has 7 heteroatoms. The molecular weight excluding hydrogens is 316 g/mol. The normalized spacial score (nSPS) is 10.9. The molecule has 0 radical (unpaired) electrons. The molecule has 0 aliphatic heterocycles. The van der Waals surface area contributed by atoms with Crippen LogP contribution >= 0.6 is 11.6 Å². The van der Waals surface area contributed by atoms with E-state index < -0.39 is 0 Å². The number of aromatic amines is 1. The average Bonchev–Trinajstić information content (AvgIpc) is 2.87.